The molecule has 0 aliphatic carbocycles. The van der Waals surface area contributed by atoms with Crippen LogP contribution in [0.5, 0.6) is 0 Å². The summed E-state index contributed by atoms with van der Waals surface area (Å²) in [5.41, 5.74) is 4.27. The second-order valence-electron chi connectivity index (χ2n) is 6.50. The minimum Gasteiger partial charge on any atom is -0.378 e. The molecule has 1 aromatic carbocycles. The van der Waals surface area contributed by atoms with Crippen LogP contribution in [0.4, 0.5) is 11.4 Å². The molecule has 3 rings (SSSR count). The molecule has 1 amide bonds. The SMILES string of the molecule is Cc1ccc[n+]([C@@H](C)C(=O)Nc2ccc(N3CCOCC3)cc2)c1C. The van der Waals surface area contributed by atoms with Crippen molar-refractivity contribution in [1.82, 2.24) is 0 Å². The highest BCUT2D eigenvalue weighted by Gasteiger charge is 2.24. The van der Waals surface area contributed by atoms with Crippen molar-refractivity contribution in [1.29, 1.82) is 0 Å². The number of ether oxygens (including phenoxy) is 1. The predicted molar refractivity (Wildman–Crippen MR) is 98.9 cm³/mol. The molecule has 1 saturated heterocycles. The Morgan fingerprint density at radius 2 is 1.84 bits per heavy atom. The molecule has 1 aliphatic heterocycles. The number of benzene rings is 1. The number of hydrogen-bond acceptors (Lipinski definition) is 3. The summed E-state index contributed by atoms with van der Waals surface area (Å²) in [6, 6.07) is 11.8. The van der Waals surface area contributed by atoms with Crippen LogP contribution in [0.25, 0.3) is 0 Å². The molecule has 2 aromatic rings. The number of amides is 1. The highest BCUT2D eigenvalue weighted by molar-refractivity contribution is 5.92. The van der Waals surface area contributed by atoms with E-state index in [1.807, 2.05) is 42.8 Å². The molecule has 1 aliphatic rings. The molecule has 1 fully saturated rings. The molecule has 2 heterocycles. The van der Waals surface area contributed by atoms with Gasteiger partial charge >= 0.3 is 0 Å². The minimum atomic E-state index is -0.265. The molecule has 5 nitrogen and oxygen atoms in total. The van der Waals surface area contributed by atoms with Gasteiger partial charge in [0.1, 0.15) is 0 Å². The molecule has 0 bridgehead atoms. The number of anilines is 2. The normalized spacial score (nSPS) is 15.7. The van der Waals surface area contributed by atoms with Gasteiger partial charge in [-0.25, -0.2) is 0 Å². The summed E-state index contributed by atoms with van der Waals surface area (Å²) >= 11 is 0. The summed E-state index contributed by atoms with van der Waals surface area (Å²) in [4.78, 5) is 14.9. The second-order valence-corrected chi connectivity index (χ2v) is 6.50. The molecule has 132 valence electrons. The van der Waals surface area contributed by atoms with E-state index in [-0.39, 0.29) is 11.9 Å². The predicted octanol–water partition coefficient (Wildman–Crippen LogP) is 2.63. The first-order chi connectivity index (χ1) is 12.1. The highest BCUT2D eigenvalue weighted by atomic mass is 16.5. The zero-order chi connectivity index (χ0) is 17.8. The third-order valence-corrected chi connectivity index (χ3v) is 4.86. The Kier molecular flexibility index (Phi) is 5.34. The maximum absolute atomic E-state index is 12.6. The third kappa shape index (κ3) is 3.99. The first kappa shape index (κ1) is 17.4. The number of aromatic nitrogens is 1. The van der Waals surface area contributed by atoms with E-state index in [2.05, 4.69) is 35.3 Å². The van der Waals surface area contributed by atoms with Crippen LogP contribution >= 0.6 is 0 Å². The van der Waals surface area contributed by atoms with Crippen LogP contribution in [0.3, 0.4) is 0 Å². The van der Waals surface area contributed by atoms with Crippen LogP contribution in [-0.4, -0.2) is 32.2 Å². The van der Waals surface area contributed by atoms with E-state index < -0.39 is 0 Å². The van der Waals surface area contributed by atoms with Crippen LogP contribution in [0.15, 0.2) is 42.6 Å². The Hall–Kier alpha value is -2.40. The van der Waals surface area contributed by atoms with Gasteiger partial charge in [-0.1, -0.05) is 0 Å². The molecule has 1 aromatic heterocycles. The summed E-state index contributed by atoms with van der Waals surface area (Å²) in [7, 11) is 0. The summed E-state index contributed by atoms with van der Waals surface area (Å²) in [6.07, 6.45) is 1.95. The molecular formula is C20H26N3O2+. The van der Waals surface area contributed by atoms with Crippen LogP contribution in [0.2, 0.25) is 0 Å². The van der Waals surface area contributed by atoms with Gasteiger partial charge in [0, 0.05) is 49.9 Å². The zero-order valence-corrected chi connectivity index (χ0v) is 15.2. The molecule has 5 heteroatoms. The van der Waals surface area contributed by atoms with Gasteiger partial charge < -0.3 is 15.0 Å². The van der Waals surface area contributed by atoms with Crippen LogP contribution < -0.4 is 14.8 Å². The number of rotatable bonds is 4. The molecular weight excluding hydrogens is 314 g/mol. The quantitative estimate of drug-likeness (QED) is 0.871. The summed E-state index contributed by atoms with van der Waals surface area (Å²) in [6.45, 7) is 9.37. The Morgan fingerprint density at radius 3 is 2.52 bits per heavy atom. The fourth-order valence-corrected chi connectivity index (χ4v) is 3.09. The van der Waals surface area contributed by atoms with Gasteiger partial charge in [0.05, 0.1) is 13.2 Å². The summed E-state index contributed by atoms with van der Waals surface area (Å²) in [5, 5.41) is 3.01. The highest BCUT2D eigenvalue weighted by Crippen LogP contribution is 2.19. The summed E-state index contributed by atoms with van der Waals surface area (Å²) in [5.74, 6) is -0.0159. The fraction of sp³-hybridized carbons (Fsp3) is 0.400. The Labute approximate surface area is 149 Å². The lowest BCUT2D eigenvalue weighted by atomic mass is 10.2. The summed E-state index contributed by atoms with van der Waals surface area (Å²) < 4.78 is 7.39. The molecule has 0 spiro atoms. The van der Waals surface area contributed by atoms with E-state index in [9.17, 15) is 4.79 Å². The lowest BCUT2D eigenvalue weighted by Gasteiger charge is -2.28. The lowest BCUT2D eigenvalue weighted by Crippen LogP contribution is -2.47. The van der Waals surface area contributed by atoms with Gasteiger partial charge in [-0.15, -0.1) is 0 Å². The van der Waals surface area contributed by atoms with Gasteiger partial charge in [-0.2, -0.15) is 4.57 Å². The van der Waals surface area contributed by atoms with Crippen molar-refractivity contribution >= 4 is 17.3 Å². The number of hydrogen-bond donors (Lipinski definition) is 1. The Balaban J connectivity index is 1.67. The van der Waals surface area contributed by atoms with Gasteiger partial charge in [0.15, 0.2) is 11.9 Å². The molecule has 0 unspecified atom stereocenters. The number of nitrogens with zero attached hydrogens (tertiary/aromatic N) is 2. The number of carbonyl (C=O) groups is 1. The first-order valence-corrected chi connectivity index (χ1v) is 8.77. The lowest BCUT2D eigenvalue weighted by molar-refractivity contribution is -0.711. The van der Waals surface area contributed by atoms with E-state index in [1.165, 1.54) is 11.3 Å². The molecule has 1 atom stereocenters. The monoisotopic (exact) mass is 340 g/mol. The smallest absolute Gasteiger partial charge is 0.293 e. The maximum Gasteiger partial charge on any atom is 0.293 e. The standard InChI is InChI=1S/C20H25N3O2/c1-15-5-4-10-23(16(15)2)17(3)20(24)21-18-6-8-19(9-7-18)22-11-13-25-14-12-22/h4-10,17H,11-14H2,1-3H3/p+1/t17-/m0/s1. The largest absolute Gasteiger partial charge is 0.378 e. The van der Waals surface area contributed by atoms with Crippen molar-refractivity contribution < 1.29 is 14.1 Å². The van der Waals surface area contributed by atoms with Crippen molar-refractivity contribution in [3.8, 4) is 0 Å². The number of morpholine rings is 1. The maximum atomic E-state index is 12.6. The van der Waals surface area contributed by atoms with Gasteiger partial charge in [-0.3, -0.25) is 4.79 Å². The van der Waals surface area contributed by atoms with Gasteiger partial charge in [0.25, 0.3) is 5.91 Å². The van der Waals surface area contributed by atoms with E-state index in [0.29, 0.717) is 0 Å². The van der Waals surface area contributed by atoms with Crippen LogP contribution in [-0.2, 0) is 9.53 Å². The van der Waals surface area contributed by atoms with Crippen molar-refractivity contribution in [2.45, 2.75) is 26.8 Å². The van der Waals surface area contributed by atoms with Crippen LogP contribution in [0, 0.1) is 13.8 Å². The van der Waals surface area contributed by atoms with E-state index >= 15 is 0 Å². The van der Waals surface area contributed by atoms with E-state index in [4.69, 9.17) is 4.74 Å². The second kappa shape index (κ2) is 7.66. The fourth-order valence-electron chi connectivity index (χ4n) is 3.09. The third-order valence-electron chi connectivity index (χ3n) is 4.86. The average molecular weight is 340 g/mol. The number of nitrogens with one attached hydrogen (secondary N) is 1. The van der Waals surface area contributed by atoms with Crippen molar-refractivity contribution in [3.05, 3.63) is 53.9 Å². The van der Waals surface area contributed by atoms with Gasteiger partial charge in [-0.05, 0) is 37.3 Å². The van der Waals surface area contributed by atoms with Crippen molar-refractivity contribution in [2.75, 3.05) is 36.5 Å². The van der Waals surface area contributed by atoms with E-state index in [0.717, 1.165) is 37.7 Å². The van der Waals surface area contributed by atoms with Crippen molar-refractivity contribution in [2.24, 2.45) is 0 Å². The van der Waals surface area contributed by atoms with Gasteiger partial charge in [0.2, 0.25) is 6.04 Å². The topological polar surface area (TPSA) is 45.5 Å². The molecule has 1 N–H and O–H groups in total. The van der Waals surface area contributed by atoms with Crippen molar-refractivity contribution in [3.63, 3.8) is 0 Å². The zero-order valence-electron chi connectivity index (χ0n) is 15.2. The number of carbonyl (C=O) groups excluding carboxylic acids is 1. The molecule has 0 saturated carbocycles. The first-order valence-electron chi connectivity index (χ1n) is 8.77. The molecule has 0 radical (unpaired) electrons. The average Bonchev–Trinajstić information content (AvgIpc) is 2.65. The number of aryl methyl sites for hydroxylation is 1. The van der Waals surface area contributed by atoms with E-state index in [1.54, 1.807) is 0 Å². The Bertz CT molecular complexity index is 737. The minimum absolute atomic E-state index is 0.0159. The number of pyridine rings is 1. The van der Waals surface area contributed by atoms with Crippen LogP contribution in [0.1, 0.15) is 24.2 Å². The molecule has 25 heavy (non-hydrogen) atoms. The Morgan fingerprint density at radius 1 is 1.16 bits per heavy atom.